The minimum atomic E-state index is -0.484. The smallest absolute Gasteiger partial charge is 0.410 e. The molecule has 0 spiro atoms. The topological polar surface area (TPSA) is 41.6 Å². The molecule has 1 aromatic rings. The second-order valence-corrected chi connectivity index (χ2v) is 7.77. The number of anilines is 1. The molecule has 1 atom stereocenters. The summed E-state index contributed by atoms with van der Waals surface area (Å²) in [5.41, 5.74) is -0.00406. The molecule has 6 heteroatoms. The molecule has 1 amide bonds. The molecule has 0 saturated carbocycles. The first-order chi connectivity index (χ1) is 10.8. The van der Waals surface area contributed by atoms with Crippen molar-refractivity contribution in [2.75, 3.05) is 25.0 Å². The van der Waals surface area contributed by atoms with E-state index >= 15 is 0 Å². The highest BCUT2D eigenvalue weighted by Gasteiger charge is 2.27. The number of nitrogens with zero attached hydrogens (tertiary/aromatic N) is 1. The zero-order chi connectivity index (χ0) is 17.0. The van der Waals surface area contributed by atoms with Crippen LogP contribution in [-0.4, -0.2) is 36.2 Å². The molecule has 0 aromatic heterocycles. The van der Waals surface area contributed by atoms with Crippen LogP contribution in [0.5, 0.6) is 0 Å². The first-order valence-corrected chi connectivity index (χ1v) is 8.71. The van der Waals surface area contributed by atoms with Crippen LogP contribution in [0.15, 0.2) is 22.7 Å². The van der Waals surface area contributed by atoms with Crippen LogP contribution in [0.25, 0.3) is 0 Å². The maximum Gasteiger partial charge on any atom is 0.410 e. The van der Waals surface area contributed by atoms with E-state index in [4.69, 9.17) is 4.74 Å². The van der Waals surface area contributed by atoms with Gasteiger partial charge in [-0.2, -0.15) is 0 Å². The van der Waals surface area contributed by atoms with Crippen LogP contribution < -0.4 is 5.32 Å². The van der Waals surface area contributed by atoms with Crippen LogP contribution in [0.4, 0.5) is 14.9 Å². The fourth-order valence-corrected chi connectivity index (χ4v) is 2.98. The highest BCUT2D eigenvalue weighted by molar-refractivity contribution is 9.10. The fourth-order valence-electron chi connectivity index (χ4n) is 2.62. The van der Waals surface area contributed by atoms with E-state index in [-0.39, 0.29) is 17.8 Å². The molecule has 1 unspecified atom stereocenters. The number of rotatable bonds is 3. The summed E-state index contributed by atoms with van der Waals surface area (Å²) < 4.78 is 19.8. The van der Waals surface area contributed by atoms with Crippen molar-refractivity contribution in [3.05, 3.63) is 28.5 Å². The van der Waals surface area contributed by atoms with E-state index < -0.39 is 5.60 Å². The Kier molecular flexibility index (Phi) is 5.89. The molecule has 1 fully saturated rings. The van der Waals surface area contributed by atoms with Gasteiger partial charge < -0.3 is 15.0 Å². The quantitative estimate of drug-likeness (QED) is 0.821. The number of likely N-dealkylation sites (tertiary alicyclic amines) is 1. The van der Waals surface area contributed by atoms with Gasteiger partial charge in [0, 0.05) is 19.6 Å². The van der Waals surface area contributed by atoms with Crippen molar-refractivity contribution in [3.8, 4) is 0 Å². The van der Waals surface area contributed by atoms with Crippen molar-refractivity contribution in [2.24, 2.45) is 5.92 Å². The normalized spacial score (nSPS) is 18.7. The van der Waals surface area contributed by atoms with E-state index in [0.717, 1.165) is 19.4 Å². The van der Waals surface area contributed by atoms with Gasteiger partial charge in [0.05, 0.1) is 10.2 Å². The third-order valence-electron chi connectivity index (χ3n) is 3.70. The van der Waals surface area contributed by atoms with Gasteiger partial charge in [0.25, 0.3) is 0 Å². The Hall–Kier alpha value is -1.30. The molecular weight excluding hydrogens is 363 g/mol. The number of hydrogen-bond donors (Lipinski definition) is 1. The van der Waals surface area contributed by atoms with Crippen molar-refractivity contribution < 1.29 is 13.9 Å². The Morgan fingerprint density at radius 2 is 2.22 bits per heavy atom. The minimum Gasteiger partial charge on any atom is -0.444 e. The van der Waals surface area contributed by atoms with Crippen molar-refractivity contribution in [1.82, 2.24) is 4.90 Å². The fraction of sp³-hybridized carbons (Fsp3) is 0.588. The first-order valence-electron chi connectivity index (χ1n) is 7.92. The zero-order valence-electron chi connectivity index (χ0n) is 13.9. The van der Waals surface area contributed by atoms with Crippen LogP contribution in [0.3, 0.4) is 0 Å². The molecule has 1 saturated heterocycles. The average Bonchev–Trinajstić information content (AvgIpc) is 2.47. The molecule has 128 valence electrons. The van der Waals surface area contributed by atoms with E-state index in [1.165, 1.54) is 0 Å². The van der Waals surface area contributed by atoms with Gasteiger partial charge in [0.1, 0.15) is 5.60 Å². The average molecular weight is 387 g/mol. The summed E-state index contributed by atoms with van der Waals surface area (Å²) in [7, 11) is 0. The number of amides is 1. The summed E-state index contributed by atoms with van der Waals surface area (Å²) in [6, 6.07) is 5.18. The molecule has 2 rings (SSSR count). The summed E-state index contributed by atoms with van der Waals surface area (Å²) in [5.74, 6) is 0.00181. The number of nitrogens with one attached hydrogen (secondary N) is 1. The highest BCUT2D eigenvalue weighted by atomic mass is 79.9. The van der Waals surface area contributed by atoms with Crippen LogP contribution in [0.2, 0.25) is 0 Å². The summed E-state index contributed by atoms with van der Waals surface area (Å²) >= 11 is 3.18. The second-order valence-electron chi connectivity index (χ2n) is 6.92. The molecule has 4 nitrogen and oxygen atoms in total. The maximum atomic E-state index is 14.0. The van der Waals surface area contributed by atoms with Crippen LogP contribution in [0, 0.1) is 11.7 Å². The van der Waals surface area contributed by atoms with Crippen molar-refractivity contribution in [3.63, 3.8) is 0 Å². The number of hydrogen-bond acceptors (Lipinski definition) is 3. The second kappa shape index (κ2) is 7.51. The number of benzene rings is 1. The zero-order valence-corrected chi connectivity index (χ0v) is 15.5. The van der Waals surface area contributed by atoms with Gasteiger partial charge in [-0.25, -0.2) is 9.18 Å². The lowest BCUT2D eigenvalue weighted by atomic mass is 9.98. The molecular formula is C17H24BrFN2O2. The molecule has 1 aliphatic heterocycles. The maximum absolute atomic E-state index is 14.0. The highest BCUT2D eigenvalue weighted by Crippen LogP contribution is 2.24. The van der Waals surface area contributed by atoms with Crippen LogP contribution >= 0.6 is 15.9 Å². The van der Waals surface area contributed by atoms with Gasteiger partial charge in [-0.1, -0.05) is 6.07 Å². The molecule has 1 aliphatic rings. The number of ether oxygens (including phenoxy) is 1. The van der Waals surface area contributed by atoms with E-state index in [1.807, 2.05) is 20.8 Å². The summed E-state index contributed by atoms with van der Waals surface area (Å²) in [4.78, 5) is 13.9. The van der Waals surface area contributed by atoms with Crippen molar-refractivity contribution >= 4 is 27.7 Å². The first kappa shape index (κ1) is 18.0. The van der Waals surface area contributed by atoms with Gasteiger partial charge in [-0.05, 0) is 67.6 Å². The number of piperidine rings is 1. The molecule has 1 heterocycles. The molecule has 0 radical (unpaired) electrons. The summed E-state index contributed by atoms with van der Waals surface area (Å²) in [5, 5.41) is 3.15. The van der Waals surface area contributed by atoms with Crippen molar-refractivity contribution in [2.45, 2.75) is 39.2 Å². The Morgan fingerprint density at radius 1 is 1.48 bits per heavy atom. The van der Waals surface area contributed by atoms with Crippen molar-refractivity contribution in [1.29, 1.82) is 0 Å². The van der Waals surface area contributed by atoms with E-state index in [1.54, 1.807) is 23.1 Å². The Balaban J connectivity index is 1.89. The predicted molar refractivity (Wildman–Crippen MR) is 93.1 cm³/mol. The van der Waals surface area contributed by atoms with E-state index in [0.29, 0.717) is 23.2 Å². The molecule has 1 N–H and O–H groups in total. The molecule has 0 aliphatic carbocycles. The number of carbonyl (C=O) groups is 1. The Labute approximate surface area is 145 Å². The van der Waals surface area contributed by atoms with Gasteiger partial charge in [0.15, 0.2) is 5.82 Å². The lowest BCUT2D eigenvalue weighted by Crippen LogP contribution is -2.44. The SMILES string of the molecule is CC(C)(C)OC(=O)N1CCCC(CNc2cccc(Br)c2F)C1. The monoisotopic (exact) mass is 386 g/mol. The van der Waals surface area contributed by atoms with E-state index in [9.17, 15) is 9.18 Å². The largest absolute Gasteiger partial charge is 0.444 e. The lowest BCUT2D eigenvalue weighted by molar-refractivity contribution is 0.0172. The molecule has 23 heavy (non-hydrogen) atoms. The van der Waals surface area contributed by atoms with Gasteiger partial charge >= 0.3 is 6.09 Å². The minimum absolute atomic E-state index is 0.268. The number of carbonyl (C=O) groups excluding carboxylic acids is 1. The Morgan fingerprint density at radius 3 is 2.91 bits per heavy atom. The summed E-state index contributed by atoms with van der Waals surface area (Å²) in [6.07, 6.45) is 1.69. The third kappa shape index (κ3) is 5.37. The summed E-state index contributed by atoms with van der Waals surface area (Å²) in [6.45, 7) is 7.58. The van der Waals surface area contributed by atoms with Crippen LogP contribution in [-0.2, 0) is 4.74 Å². The van der Waals surface area contributed by atoms with Gasteiger partial charge in [-0.3, -0.25) is 0 Å². The standard InChI is InChI=1S/C17H24BrFN2O2/c1-17(2,3)23-16(22)21-9-5-6-12(11-21)10-20-14-8-4-7-13(18)15(14)19/h4,7-8,12,20H,5-6,9-11H2,1-3H3. The third-order valence-corrected chi connectivity index (χ3v) is 4.32. The lowest BCUT2D eigenvalue weighted by Gasteiger charge is -2.34. The van der Waals surface area contributed by atoms with E-state index in [2.05, 4.69) is 21.2 Å². The van der Waals surface area contributed by atoms with Gasteiger partial charge in [-0.15, -0.1) is 0 Å². The predicted octanol–water partition coefficient (Wildman–Crippen LogP) is 4.65. The molecule has 1 aromatic carbocycles. The van der Waals surface area contributed by atoms with Gasteiger partial charge in [0.2, 0.25) is 0 Å². The number of halogens is 2. The Bertz CT molecular complexity index is 560. The molecule has 0 bridgehead atoms. The van der Waals surface area contributed by atoms with Crippen LogP contribution in [0.1, 0.15) is 33.6 Å².